The largest absolute Gasteiger partial charge is 0.254 e. The number of hydrogen-bond acceptors (Lipinski definition) is 1. The van der Waals surface area contributed by atoms with E-state index in [1.807, 2.05) is 0 Å². The Balaban J connectivity index is 1.53. The quantitative estimate of drug-likeness (QED) is 0.167. The smallest absolute Gasteiger partial charge is 0.0334 e. The van der Waals surface area contributed by atoms with E-state index in [0.29, 0.717) is 11.0 Å². The first-order valence-corrected chi connectivity index (χ1v) is 12.3. The number of rotatable bonds is 13. The Bertz CT molecular complexity index is 384. The highest BCUT2D eigenvalue weighted by Crippen LogP contribution is 2.60. The third kappa shape index (κ3) is 6.36. The monoisotopic (exact) mass is 461 g/mol. The van der Waals surface area contributed by atoms with Gasteiger partial charge in [0.25, 0.3) is 0 Å². The van der Waals surface area contributed by atoms with Crippen molar-refractivity contribution in [2.24, 2.45) is 29.1 Å². The van der Waals surface area contributed by atoms with Crippen LogP contribution in [-0.4, -0.2) is 5.54 Å². The van der Waals surface area contributed by atoms with E-state index in [0.717, 1.165) is 23.7 Å². The first-order chi connectivity index (χ1) is 11.8. The molecule has 0 aromatic rings. The highest BCUT2D eigenvalue weighted by atomic mass is 127. The van der Waals surface area contributed by atoms with Crippen LogP contribution in [-0.2, 0) is 0 Å². The van der Waals surface area contributed by atoms with E-state index in [4.69, 9.17) is 0 Å². The molecule has 0 amide bonds. The minimum atomic E-state index is 0.484. The maximum Gasteiger partial charge on any atom is 0.0334 e. The van der Waals surface area contributed by atoms with Gasteiger partial charge in [-0.05, 0) is 54.8 Å². The zero-order chi connectivity index (χ0) is 18.5. The van der Waals surface area contributed by atoms with Gasteiger partial charge in [-0.1, -0.05) is 86.0 Å². The molecule has 0 radical (unpaired) electrons. The fraction of sp³-hybridized carbons (Fsp3) is 1.00. The molecule has 2 fully saturated rings. The van der Waals surface area contributed by atoms with Crippen LogP contribution >= 0.6 is 22.9 Å². The van der Waals surface area contributed by atoms with Crippen LogP contribution < -0.4 is 3.53 Å². The van der Waals surface area contributed by atoms with Crippen LogP contribution in [0, 0.1) is 29.1 Å². The number of halogens is 1. The van der Waals surface area contributed by atoms with Crippen molar-refractivity contribution in [3.63, 3.8) is 0 Å². The van der Waals surface area contributed by atoms with Crippen molar-refractivity contribution in [2.45, 2.75) is 117 Å². The molecule has 0 aromatic heterocycles. The maximum absolute atomic E-state index is 3.73. The Morgan fingerprint density at radius 1 is 0.960 bits per heavy atom. The van der Waals surface area contributed by atoms with Crippen molar-refractivity contribution in [1.29, 1.82) is 0 Å². The summed E-state index contributed by atoms with van der Waals surface area (Å²) in [7, 11) is 0. The van der Waals surface area contributed by atoms with E-state index in [1.54, 1.807) is 0 Å². The van der Waals surface area contributed by atoms with E-state index in [1.165, 1.54) is 77.0 Å². The SMILES string of the molecule is CC(C)CCCCCCCCCC1(NI)C(C)C1CC1CC(C)(C)C1. The van der Waals surface area contributed by atoms with Gasteiger partial charge in [-0.2, -0.15) is 0 Å². The van der Waals surface area contributed by atoms with Gasteiger partial charge < -0.3 is 0 Å². The van der Waals surface area contributed by atoms with Crippen LogP contribution in [0.4, 0.5) is 0 Å². The predicted octanol–water partition coefficient (Wildman–Crippen LogP) is 7.92. The second-order valence-electron chi connectivity index (χ2n) is 10.6. The molecule has 25 heavy (non-hydrogen) atoms. The molecule has 3 atom stereocenters. The summed E-state index contributed by atoms with van der Waals surface area (Å²) in [6.07, 6.45) is 17.4. The summed E-state index contributed by atoms with van der Waals surface area (Å²) in [6, 6.07) is 0. The zero-order valence-electron chi connectivity index (χ0n) is 17.7. The fourth-order valence-electron chi connectivity index (χ4n) is 5.64. The number of nitrogens with one attached hydrogen (secondary N) is 1. The van der Waals surface area contributed by atoms with Crippen molar-refractivity contribution < 1.29 is 0 Å². The summed E-state index contributed by atoms with van der Waals surface area (Å²) in [5.41, 5.74) is 1.12. The van der Waals surface area contributed by atoms with Crippen molar-refractivity contribution in [3.8, 4) is 0 Å². The molecule has 2 saturated carbocycles. The molecular formula is C23H44IN. The van der Waals surface area contributed by atoms with Crippen molar-refractivity contribution in [2.75, 3.05) is 0 Å². The summed E-state index contributed by atoms with van der Waals surface area (Å²) in [6.45, 7) is 12.1. The number of hydrogen-bond donors (Lipinski definition) is 1. The maximum atomic E-state index is 3.73. The van der Waals surface area contributed by atoms with Crippen LogP contribution in [0.1, 0.15) is 112 Å². The first kappa shape index (κ1) is 22.0. The number of unbranched alkanes of at least 4 members (excludes halogenated alkanes) is 6. The molecule has 2 heteroatoms. The lowest BCUT2D eigenvalue weighted by Gasteiger charge is -2.43. The molecule has 2 aliphatic carbocycles. The van der Waals surface area contributed by atoms with Crippen LogP contribution in [0.5, 0.6) is 0 Å². The lowest BCUT2D eigenvalue weighted by molar-refractivity contribution is 0.0824. The lowest BCUT2D eigenvalue weighted by atomic mass is 9.63. The van der Waals surface area contributed by atoms with Crippen molar-refractivity contribution in [3.05, 3.63) is 0 Å². The fourth-order valence-corrected chi connectivity index (χ4v) is 6.80. The molecule has 3 unspecified atom stereocenters. The van der Waals surface area contributed by atoms with Gasteiger partial charge in [0.2, 0.25) is 0 Å². The van der Waals surface area contributed by atoms with Gasteiger partial charge in [0.1, 0.15) is 0 Å². The molecule has 1 N–H and O–H groups in total. The van der Waals surface area contributed by atoms with Gasteiger partial charge in [-0.25, -0.2) is 0 Å². The third-order valence-electron chi connectivity index (χ3n) is 7.29. The molecule has 0 aromatic carbocycles. The molecule has 148 valence electrons. The Morgan fingerprint density at radius 3 is 2.04 bits per heavy atom. The van der Waals surface area contributed by atoms with E-state index >= 15 is 0 Å². The first-order valence-electron chi connectivity index (χ1n) is 11.2. The molecule has 1 nitrogen and oxygen atoms in total. The minimum Gasteiger partial charge on any atom is -0.254 e. The highest BCUT2D eigenvalue weighted by molar-refractivity contribution is 14.1. The summed E-state index contributed by atoms with van der Waals surface area (Å²) in [5, 5.41) is 0. The minimum absolute atomic E-state index is 0.484. The summed E-state index contributed by atoms with van der Waals surface area (Å²) in [4.78, 5) is 0. The average Bonchev–Trinajstić information content (AvgIpc) is 3.07. The topological polar surface area (TPSA) is 12.0 Å². The van der Waals surface area contributed by atoms with Crippen LogP contribution in [0.25, 0.3) is 0 Å². The molecular weight excluding hydrogens is 417 g/mol. The predicted molar refractivity (Wildman–Crippen MR) is 120 cm³/mol. The van der Waals surface area contributed by atoms with Crippen LogP contribution in [0.3, 0.4) is 0 Å². The molecule has 0 aliphatic heterocycles. The lowest BCUT2D eigenvalue weighted by Crippen LogP contribution is -2.33. The molecule has 0 spiro atoms. The molecule has 0 bridgehead atoms. The van der Waals surface area contributed by atoms with E-state index in [-0.39, 0.29) is 0 Å². The van der Waals surface area contributed by atoms with Gasteiger partial charge in [-0.3, -0.25) is 3.53 Å². The average molecular weight is 462 g/mol. The Kier molecular flexibility index (Phi) is 8.58. The zero-order valence-corrected chi connectivity index (χ0v) is 19.8. The molecule has 2 rings (SSSR count). The Hall–Kier alpha value is 0.690. The second-order valence-corrected chi connectivity index (χ2v) is 11.2. The van der Waals surface area contributed by atoms with E-state index < -0.39 is 0 Å². The Morgan fingerprint density at radius 2 is 1.52 bits per heavy atom. The van der Waals surface area contributed by atoms with Gasteiger partial charge in [-0.15, -0.1) is 0 Å². The van der Waals surface area contributed by atoms with Crippen molar-refractivity contribution in [1.82, 2.24) is 3.53 Å². The van der Waals surface area contributed by atoms with E-state index in [2.05, 4.69) is 61.0 Å². The van der Waals surface area contributed by atoms with E-state index in [9.17, 15) is 0 Å². The van der Waals surface area contributed by atoms with Gasteiger partial charge >= 0.3 is 0 Å². The van der Waals surface area contributed by atoms with Crippen LogP contribution in [0.15, 0.2) is 0 Å². The highest BCUT2D eigenvalue weighted by Gasteiger charge is 2.61. The normalized spacial score (nSPS) is 31.3. The second kappa shape index (κ2) is 9.75. The summed E-state index contributed by atoms with van der Waals surface area (Å²) < 4.78 is 3.73. The van der Waals surface area contributed by atoms with Gasteiger partial charge in [0.15, 0.2) is 0 Å². The summed E-state index contributed by atoms with van der Waals surface area (Å²) >= 11 is 2.45. The molecule has 0 heterocycles. The van der Waals surface area contributed by atoms with Crippen molar-refractivity contribution >= 4 is 22.9 Å². The Labute approximate surface area is 172 Å². The standard InChI is InChI=1S/C23H44IN/c1-18(2)13-11-9-7-6-8-10-12-14-23(25-24)19(3)21(23)15-20-16-22(4,5)17-20/h18-21,25H,6-17H2,1-5H3. The molecule has 0 saturated heterocycles. The van der Waals surface area contributed by atoms with Gasteiger partial charge in [0, 0.05) is 28.4 Å². The summed E-state index contributed by atoms with van der Waals surface area (Å²) in [5.74, 6) is 3.74. The molecule has 2 aliphatic rings. The third-order valence-corrected chi connectivity index (χ3v) is 8.29. The van der Waals surface area contributed by atoms with Gasteiger partial charge in [0.05, 0.1) is 0 Å². The van der Waals surface area contributed by atoms with Crippen LogP contribution in [0.2, 0.25) is 0 Å².